The lowest BCUT2D eigenvalue weighted by Gasteiger charge is -2.18. The van der Waals surface area contributed by atoms with E-state index in [1.165, 1.54) is 12.1 Å². The standard InChI is InChI=1S/C13H15FO2/c1-8(2)10-4-3-9(14)7-11(10)13(5-6-13)12(15)16/h3-4,7-8H,5-6H2,1-2H3,(H,15,16). The zero-order valence-corrected chi connectivity index (χ0v) is 9.46. The zero-order chi connectivity index (χ0) is 11.9. The number of hydrogen-bond acceptors (Lipinski definition) is 1. The van der Waals surface area contributed by atoms with Gasteiger partial charge in [0.1, 0.15) is 5.82 Å². The topological polar surface area (TPSA) is 37.3 Å². The normalized spacial score (nSPS) is 17.5. The fourth-order valence-corrected chi connectivity index (χ4v) is 2.17. The van der Waals surface area contributed by atoms with E-state index in [4.69, 9.17) is 0 Å². The van der Waals surface area contributed by atoms with E-state index in [0.29, 0.717) is 18.4 Å². The van der Waals surface area contributed by atoms with Crippen molar-refractivity contribution in [1.82, 2.24) is 0 Å². The minimum atomic E-state index is -0.833. The number of hydrogen-bond donors (Lipinski definition) is 1. The van der Waals surface area contributed by atoms with E-state index in [9.17, 15) is 14.3 Å². The Kier molecular flexibility index (Phi) is 2.49. The molecule has 0 bridgehead atoms. The average Bonchev–Trinajstić information content (AvgIpc) is 2.97. The third kappa shape index (κ3) is 1.60. The van der Waals surface area contributed by atoms with Gasteiger partial charge in [-0.15, -0.1) is 0 Å². The molecule has 0 saturated heterocycles. The Hall–Kier alpha value is -1.38. The maximum Gasteiger partial charge on any atom is 0.314 e. The first kappa shape index (κ1) is 11.1. The van der Waals surface area contributed by atoms with Gasteiger partial charge >= 0.3 is 5.97 Å². The second kappa shape index (κ2) is 3.58. The third-order valence-corrected chi connectivity index (χ3v) is 3.31. The fraction of sp³-hybridized carbons (Fsp3) is 0.462. The van der Waals surface area contributed by atoms with Gasteiger partial charge in [-0.2, -0.15) is 0 Å². The molecule has 0 unspecified atom stereocenters. The summed E-state index contributed by atoms with van der Waals surface area (Å²) in [6, 6.07) is 4.49. The Morgan fingerprint density at radius 2 is 2.06 bits per heavy atom. The van der Waals surface area contributed by atoms with Crippen LogP contribution in [0.25, 0.3) is 0 Å². The third-order valence-electron chi connectivity index (χ3n) is 3.31. The molecule has 1 fully saturated rings. The first-order valence-electron chi connectivity index (χ1n) is 5.51. The van der Waals surface area contributed by atoms with Crippen LogP contribution in [0.3, 0.4) is 0 Å². The van der Waals surface area contributed by atoms with Gasteiger partial charge in [-0.3, -0.25) is 4.79 Å². The quantitative estimate of drug-likeness (QED) is 0.853. The highest BCUT2D eigenvalue weighted by atomic mass is 19.1. The molecule has 3 heteroatoms. The van der Waals surface area contributed by atoms with E-state index in [2.05, 4.69) is 0 Å². The van der Waals surface area contributed by atoms with Crippen molar-refractivity contribution in [3.8, 4) is 0 Å². The van der Waals surface area contributed by atoms with Gasteiger partial charge in [0.05, 0.1) is 5.41 Å². The van der Waals surface area contributed by atoms with E-state index in [-0.39, 0.29) is 11.7 Å². The van der Waals surface area contributed by atoms with Gasteiger partial charge in [0, 0.05) is 0 Å². The van der Waals surface area contributed by atoms with Crippen molar-refractivity contribution in [3.05, 3.63) is 35.1 Å². The summed E-state index contributed by atoms with van der Waals surface area (Å²) in [7, 11) is 0. The molecule has 0 aliphatic heterocycles. The van der Waals surface area contributed by atoms with Crippen LogP contribution in [0.1, 0.15) is 43.7 Å². The smallest absolute Gasteiger partial charge is 0.314 e. The average molecular weight is 222 g/mol. The van der Waals surface area contributed by atoms with E-state index >= 15 is 0 Å². The number of carboxylic acids is 1. The Bertz CT molecular complexity index is 434. The first-order valence-corrected chi connectivity index (χ1v) is 5.51. The van der Waals surface area contributed by atoms with Crippen LogP contribution in [0.5, 0.6) is 0 Å². The van der Waals surface area contributed by atoms with Crippen LogP contribution >= 0.6 is 0 Å². The molecule has 0 atom stereocenters. The summed E-state index contributed by atoms with van der Waals surface area (Å²) in [6.45, 7) is 3.99. The summed E-state index contributed by atoms with van der Waals surface area (Å²) in [5, 5.41) is 9.23. The van der Waals surface area contributed by atoms with Crippen molar-refractivity contribution in [2.45, 2.75) is 38.0 Å². The van der Waals surface area contributed by atoms with Gasteiger partial charge in [0.25, 0.3) is 0 Å². The highest BCUT2D eigenvalue weighted by Gasteiger charge is 2.53. The predicted molar refractivity (Wildman–Crippen MR) is 59.0 cm³/mol. The largest absolute Gasteiger partial charge is 0.481 e. The Labute approximate surface area is 94.1 Å². The number of carboxylic acid groups (broad SMARTS) is 1. The molecule has 0 aromatic heterocycles. The zero-order valence-electron chi connectivity index (χ0n) is 9.46. The molecular formula is C13H15FO2. The molecule has 0 radical (unpaired) electrons. The number of aliphatic carboxylic acids is 1. The van der Waals surface area contributed by atoms with Crippen LogP contribution in [-0.4, -0.2) is 11.1 Å². The molecule has 1 aromatic carbocycles. The Morgan fingerprint density at radius 1 is 1.44 bits per heavy atom. The number of benzene rings is 1. The van der Waals surface area contributed by atoms with Crippen molar-refractivity contribution in [3.63, 3.8) is 0 Å². The molecule has 1 N–H and O–H groups in total. The first-order chi connectivity index (χ1) is 7.47. The predicted octanol–water partition coefficient (Wildman–Crippen LogP) is 3.07. The van der Waals surface area contributed by atoms with Gasteiger partial charge in [-0.1, -0.05) is 19.9 Å². The molecule has 2 nitrogen and oxygen atoms in total. The molecule has 0 spiro atoms. The van der Waals surface area contributed by atoms with E-state index in [0.717, 1.165) is 5.56 Å². The molecule has 1 aliphatic rings. The summed E-state index contributed by atoms with van der Waals surface area (Å²) < 4.78 is 13.2. The second-order valence-electron chi connectivity index (χ2n) is 4.77. The molecule has 1 saturated carbocycles. The summed E-state index contributed by atoms with van der Waals surface area (Å²) in [5.74, 6) is -0.973. The van der Waals surface area contributed by atoms with Crippen LogP contribution in [0, 0.1) is 5.82 Å². The Morgan fingerprint density at radius 3 is 2.50 bits per heavy atom. The molecule has 1 aromatic rings. The van der Waals surface area contributed by atoms with Crippen molar-refractivity contribution >= 4 is 5.97 Å². The van der Waals surface area contributed by atoms with Crippen LogP contribution in [0.4, 0.5) is 4.39 Å². The molecule has 2 rings (SSSR count). The van der Waals surface area contributed by atoms with Gasteiger partial charge in [-0.05, 0) is 42.0 Å². The van der Waals surface area contributed by atoms with Gasteiger partial charge in [0.15, 0.2) is 0 Å². The molecule has 1 aliphatic carbocycles. The van der Waals surface area contributed by atoms with Crippen molar-refractivity contribution in [2.75, 3.05) is 0 Å². The Balaban J connectivity index is 2.54. The maximum atomic E-state index is 13.2. The maximum absolute atomic E-state index is 13.2. The lowest BCUT2D eigenvalue weighted by atomic mass is 9.86. The lowest BCUT2D eigenvalue weighted by Crippen LogP contribution is -2.21. The number of carbonyl (C=O) groups is 1. The summed E-state index contributed by atoms with van der Waals surface area (Å²) in [4.78, 5) is 11.2. The molecule has 0 amide bonds. The highest BCUT2D eigenvalue weighted by molar-refractivity contribution is 5.85. The van der Waals surface area contributed by atoms with Gasteiger partial charge in [-0.25, -0.2) is 4.39 Å². The van der Waals surface area contributed by atoms with E-state index in [1.807, 2.05) is 13.8 Å². The van der Waals surface area contributed by atoms with Crippen molar-refractivity contribution < 1.29 is 14.3 Å². The summed E-state index contributed by atoms with van der Waals surface area (Å²) in [5.41, 5.74) is 0.790. The van der Waals surface area contributed by atoms with Gasteiger partial charge in [0.2, 0.25) is 0 Å². The van der Waals surface area contributed by atoms with Crippen LogP contribution in [0.15, 0.2) is 18.2 Å². The monoisotopic (exact) mass is 222 g/mol. The molecule has 16 heavy (non-hydrogen) atoms. The van der Waals surface area contributed by atoms with Crippen LogP contribution < -0.4 is 0 Å². The highest BCUT2D eigenvalue weighted by Crippen LogP contribution is 2.50. The van der Waals surface area contributed by atoms with E-state index < -0.39 is 11.4 Å². The molecule has 86 valence electrons. The van der Waals surface area contributed by atoms with Gasteiger partial charge < -0.3 is 5.11 Å². The molecule has 0 heterocycles. The van der Waals surface area contributed by atoms with E-state index in [1.54, 1.807) is 6.07 Å². The second-order valence-corrected chi connectivity index (χ2v) is 4.77. The van der Waals surface area contributed by atoms with Crippen molar-refractivity contribution in [2.24, 2.45) is 0 Å². The lowest BCUT2D eigenvalue weighted by molar-refractivity contribution is -0.140. The van der Waals surface area contributed by atoms with Crippen LogP contribution in [0.2, 0.25) is 0 Å². The molecular weight excluding hydrogens is 207 g/mol. The van der Waals surface area contributed by atoms with Crippen molar-refractivity contribution in [1.29, 1.82) is 0 Å². The number of halogens is 1. The SMILES string of the molecule is CC(C)c1ccc(F)cc1C1(C(=O)O)CC1. The number of rotatable bonds is 3. The van der Waals surface area contributed by atoms with Crippen LogP contribution in [-0.2, 0) is 10.2 Å². The summed E-state index contributed by atoms with van der Waals surface area (Å²) in [6.07, 6.45) is 1.23. The minimum absolute atomic E-state index is 0.215. The summed E-state index contributed by atoms with van der Waals surface area (Å²) >= 11 is 0. The minimum Gasteiger partial charge on any atom is -0.481 e. The fourth-order valence-electron chi connectivity index (χ4n) is 2.17.